The fraction of sp³-hybridized carbons (Fsp3) is 0.474. The molecule has 4 rings (SSSR count). The van der Waals surface area contributed by atoms with Crippen molar-refractivity contribution in [1.82, 2.24) is 4.90 Å². The molecule has 0 spiro atoms. The summed E-state index contributed by atoms with van der Waals surface area (Å²) < 4.78 is 0. The van der Waals surface area contributed by atoms with Gasteiger partial charge in [0.15, 0.2) is 0 Å². The molecule has 1 amide bonds. The average Bonchev–Trinajstić information content (AvgIpc) is 3.23. The highest BCUT2D eigenvalue weighted by molar-refractivity contribution is 5.87. The Morgan fingerprint density at radius 1 is 0.917 bits per heavy atom. The third-order valence-electron chi connectivity index (χ3n) is 5.74. The smallest absolute Gasteiger partial charge is 0.307 e. The number of hydrogen-bond acceptors (Lipinski definition) is 3. The Balaban J connectivity index is 1.43. The lowest BCUT2D eigenvalue weighted by Gasteiger charge is -2.38. The summed E-state index contributed by atoms with van der Waals surface area (Å²) in [6.07, 6.45) is 4.85. The zero-order valence-corrected chi connectivity index (χ0v) is 13.5. The molecule has 1 aromatic carbocycles. The number of piperazine rings is 1. The maximum atomic E-state index is 13.0. The number of aliphatic carboxylic acids is 1. The molecule has 3 aliphatic rings. The van der Waals surface area contributed by atoms with Crippen LogP contribution in [0, 0.1) is 23.7 Å². The number of hydrogen-bond donors (Lipinski definition) is 1. The molecule has 0 unspecified atom stereocenters. The highest BCUT2D eigenvalue weighted by atomic mass is 16.4. The van der Waals surface area contributed by atoms with Gasteiger partial charge in [-0.15, -0.1) is 0 Å². The second kappa shape index (κ2) is 5.96. The second-order valence-electron chi connectivity index (χ2n) is 6.99. The predicted molar refractivity (Wildman–Crippen MR) is 90.6 cm³/mol. The number of carboxylic acids is 1. The lowest BCUT2D eigenvalue weighted by molar-refractivity contribution is -0.151. The van der Waals surface area contributed by atoms with Crippen LogP contribution in [0.25, 0.3) is 0 Å². The Morgan fingerprint density at radius 3 is 2.17 bits per heavy atom. The van der Waals surface area contributed by atoms with E-state index >= 15 is 0 Å². The van der Waals surface area contributed by atoms with Crippen molar-refractivity contribution >= 4 is 17.6 Å². The number of fused-ring (bicyclic) bond motifs is 2. The summed E-state index contributed by atoms with van der Waals surface area (Å²) in [7, 11) is 0. The predicted octanol–water partition coefficient (Wildman–Crippen LogP) is 1.86. The molecule has 5 heteroatoms. The van der Waals surface area contributed by atoms with Gasteiger partial charge in [-0.3, -0.25) is 9.59 Å². The van der Waals surface area contributed by atoms with Crippen molar-refractivity contribution in [3.63, 3.8) is 0 Å². The molecule has 24 heavy (non-hydrogen) atoms. The Hall–Kier alpha value is -2.30. The number of amides is 1. The van der Waals surface area contributed by atoms with E-state index in [0.717, 1.165) is 19.5 Å². The maximum Gasteiger partial charge on any atom is 0.307 e. The SMILES string of the molecule is O=C(O)[C@@H]1[C@@H](C(=O)N2CCN(c3ccccc3)CC2)[C@H]2C=C[C@H]1C2. The van der Waals surface area contributed by atoms with Crippen LogP contribution in [0.4, 0.5) is 5.69 Å². The minimum absolute atomic E-state index is 0.0342. The summed E-state index contributed by atoms with van der Waals surface area (Å²) in [6, 6.07) is 10.2. The fourth-order valence-electron chi connectivity index (χ4n) is 4.53. The third kappa shape index (κ3) is 2.48. The summed E-state index contributed by atoms with van der Waals surface area (Å²) in [5, 5.41) is 9.53. The van der Waals surface area contributed by atoms with Gasteiger partial charge in [-0.25, -0.2) is 0 Å². The standard InChI is InChI=1S/C19H22N2O3/c22-18(16-13-6-7-14(12-13)17(16)19(23)24)21-10-8-20(9-11-21)15-4-2-1-3-5-15/h1-7,13-14,16-17H,8-12H2,(H,23,24)/t13-,14-,16-,17-/m0/s1. The lowest BCUT2D eigenvalue weighted by Crippen LogP contribution is -2.52. The van der Waals surface area contributed by atoms with Gasteiger partial charge in [-0.2, -0.15) is 0 Å². The highest BCUT2D eigenvalue weighted by Gasteiger charge is 2.52. The summed E-state index contributed by atoms with van der Waals surface area (Å²) in [4.78, 5) is 28.7. The van der Waals surface area contributed by atoms with Crippen LogP contribution in [0.5, 0.6) is 0 Å². The summed E-state index contributed by atoms with van der Waals surface area (Å²) in [5.41, 5.74) is 1.18. The summed E-state index contributed by atoms with van der Waals surface area (Å²) in [6.45, 7) is 2.92. The maximum absolute atomic E-state index is 13.0. The van der Waals surface area contributed by atoms with Crippen LogP contribution in [-0.2, 0) is 9.59 Å². The normalized spacial score (nSPS) is 31.5. The van der Waals surface area contributed by atoms with Gasteiger partial charge in [-0.05, 0) is 30.4 Å². The largest absolute Gasteiger partial charge is 0.481 e. The Morgan fingerprint density at radius 2 is 1.54 bits per heavy atom. The van der Waals surface area contributed by atoms with Crippen molar-refractivity contribution in [3.05, 3.63) is 42.5 Å². The molecular formula is C19H22N2O3. The van der Waals surface area contributed by atoms with Crippen molar-refractivity contribution in [3.8, 4) is 0 Å². The first kappa shape index (κ1) is 15.2. The van der Waals surface area contributed by atoms with Gasteiger partial charge in [0.2, 0.25) is 5.91 Å². The molecule has 1 N–H and O–H groups in total. The molecule has 1 saturated carbocycles. The summed E-state index contributed by atoms with van der Waals surface area (Å²) in [5.74, 6) is -1.57. The zero-order chi connectivity index (χ0) is 16.7. The van der Waals surface area contributed by atoms with Gasteiger partial charge in [0.05, 0.1) is 11.8 Å². The molecule has 2 bridgehead atoms. The Labute approximate surface area is 141 Å². The van der Waals surface area contributed by atoms with E-state index in [1.807, 2.05) is 35.3 Å². The number of para-hydroxylation sites is 1. The van der Waals surface area contributed by atoms with Crippen LogP contribution in [0.2, 0.25) is 0 Å². The van der Waals surface area contributed by atoms with Crippen LogP contribution in [0.3, 0.4) is 0 Å². The number of benzene rings is 1. The van der Waals surface area contributed by atoms with Crippen LogP contribution in [0.1, 0.15) is 6.42 Å². The van der Waals surface area contributed by atoms with Crippen molar-refractivity contribution in [2.75, 3.05) is 31.1 Å². The molecule has 1 heterocycles. The van der Waals surface area contributed by atoms with Crippen molar-refractivity contribution < 1.29 is 14.7 Å². The monoisotopic (exact) mass is 326 g/mol. The summed E-state index contributed by atoms with van der Waals surface area (Å²) >= 11 is 0. The lowest BCUT2D eigenvalue weighted by atomic mass is 9.82. The van der Waals surface area contributed by atoms with Crippen LogP contribution in [0.15, 0.2) is 42.5 Å². The molecule has 4 atom stereocenters. The van der Waals surface area contributed by atoms with E-state index in [4.69, 9.17) is 0 Å². The van der Waals surface area contributed by atoms with Gasteiger partial charge in [0, 0.05) is 31.9 Å². The number of anilines is 1. The van der Waals surface area contributed by atoms with Crippen molar-refractivity contribution in [2.45, 2.75) is 6.42 Å². The number of nitrogens with zero attached hydrogens (tertiary/aromatic N) is 2. The molecule has 126 valence electrons. The minimum Gasteiger partial charge on any atom is -0.481 e. The molecular weight excluding hydrogens is 304 g/mol. The number of rotatable bonds is 3. The van der Waals surface area contributed by atoms with Gasteiger partial charge < -0.3 is 14.9 Å². The molecule has 5 nitrogen and oxygen atoms in total. The van der Waals surface area contributed by atoms with E-state index in [2.05, 4.69) is 17.0 Å². The molecule has 2 fully saturated rings. The van der Waals surface area contributed by atoms with Gasteiger partial charge >= 0.3 is 5.97 Å². The highest BCUT2D eigenvalue weighted by Crippen LogP contribution is 2.48. The van der Waals surface area contributed by atoms with Gasteiger partial charge in [0.1, 0.15) is 0 Å². The van der Waals surface area contributed by atoms with Crippen LogP contribution >= 0.6 is 0 Å². The molecule has 0 aromatic heterocycles. The van der Waals surface area contributed by atoms with E-state index in [0.29, 0.717) is 13.1 Å². The van der Waals surface area contributed by atoms with Gasteiger partial charge in [0.25, 0.3) is 0 Å². The quantitative estimate of drug-likeness (QED) is 0.861. The van der Waals surface area contributed by atoms with Crippen LogP contribution < -0.4 is 4.90 Å². The first-order chi connectivity index (χ1) is 11.6. The minimum atomic E-state index is -0.826. The first-order valence-electron chi connectivity index (χ1n) is 8.65. The molecule has 1 saturated heterocycles. The average molecular weight is 326 g/mol. The fourth-order valence-corrected chi connectivity index (χ4v) is 4.53. The number of allylic oxidation sites excluding steroid dienone is 2. The molecule has 2 aliphatic carbocycles. The third-order valence-corrected chi connectivity index (χ3v) is 5.74. The first-order valence-corrected chi connectivity index (χ1v) is 8.65. The number of carbonyl (C=O) groups is 2. The Bertz CT molecular complexity index is 664. The molecule has 1 aliphatic heterocycles. The van der Waals surface area contributed by atoms with E-state index in [1.54, 1.807) is 0 Å². The molecule has 0 radical (unpaired) electrons. The van der Waals surface area contributed by atoms with Crippen molar-refractivity contribution in [2.24, 2.45) is 23.7 Å². The van der Waals surface area contributed by atoms with E-state index in [-0.39, 0.29) is 23.7 Å². The van der Waals surface area contributed by atoms with E-state index in [1.165, 1.54) is 5.69 Å². The number of carboxylic acid groups (broad SMARTS) is 1. The zero-order valence-electron chi connectivity index (χ0n) is 13.5. The topological polar surface area (TPSA) is 60.9 Å². The van der Waals surface area contributed by atoms with E-state index in [9.17, 15) is 14.7 Å². The van der Waals surface area contributed by atoms with Gasteiger partial charge in [-0.1, -0.05) is 30.4 Å². The van der Waals surface area contributed by atoms with Crippen LogP contribution in [-0.4, -0.2) is 48.1 Å². The number of carbonyl (C=O) groups excluding carboxylic acids is 1. The second-order valence-corrected chi connectivity index (χ2v) is 6.99. The van der Waals surface area contributed by atoms with Crippen molar-refractivity contribution in [1.29, 1.82) is 0 Å². The van der Waals surface area contributed by atoms with E-state index < -0.39 is 11.9 Å². The molecule has 1 aromatic rings. The Kier molecular flexibility index (Phi) is 3.79.